The molecule has 14 heavy (non-hydrogen) atoms. The Bertz CT molecular complexity index is 543. The fraction of sp³-hybridized carbons (Fsp3) is 0. The van der Waals surface area contributed by atoms with Crippen LogP contribution in [0, 0.1) is 11.3 Å². The molecule has 0 aliphatic rings. The number of nitrogens with zero attached hydrogens (tertiary/aromatic N) is 2. The van der Waals surface area contributed by atoms with Gasteiger partial charge in [-0.25, -0.2) is 0 Å². The molecule has 0 atom stereocenters. The maximum Gasteiger partial charge on any atom is 0.103 e. The third kappa shape index (κ3) is 1.32. The summed E-state index contributed by atoms with van der Waals surface area (Å²) in [6.45, 7) is 0. The molecule has 1 aromatic carbocycles. The molecule has 4 heteroatoms. The number of hydrogen-bond donors (Lipinski definition) is 1. The van der Waals surface area contributed by atoms with Crippen molar-refractivity contribution in [3.05, 3.63) is 34.4 Å². The van der Waals surface area contributed by atoms with E-state index in [0.29, 0.717) is 11.3 Å². The van der Waals surface area contributed by atoms with Crippen LogP contribution < -0.4 is 5.73 Å². The van der Waals surface area contributed by atoms with Gasteiger partial charge in [0, 0.05) is 16.1 Å². The quantitative estimate of drug-likeness (QED) is 0.778. The minimum Gasteiger partial charge on any atom is -0.397 e. The Morgan fingerprint density at radius 1 is 1.43 bits per heavy atom. The van der Waals surface area contributed by atoms with Crippen LogP contribution in [0.5, 0.6) is 0 Å². The maximum atomic E-state index is 8.77. The summed E-state index contributed by atoms with van der Waals surface area (Å²) in [4.78, 5) is 4.13. The molecule has 0 radical (unpaired) electrons. The summed E-state index contributed by atoms with van der Waals surface area (Å²) in [6, 6.07) is 7.61. The number of nitriles is 1. The molecule has 1 heterocycles. The van der Waals surface area contributed by atoms with Gasteiger partial charge < -0.3 is 5.73 Å². The highest BCUT2D eigenvalue weighted by Gasteiger charge is 2.04. The van der Waals surface area contributed by atoms with E-state index in [0.717, 1.165) is 15.4 Å². The Morgan fingerprint density at radius 2 is 2.21 bits per heavy atom. The second kappa shape index (κ2) is 3.28. The largest absolute Gasteiger partial charge is 0.397 e. The summed E-state index contributed by atoms with van der Waals surface area (Å²) < 4.78 is 0.925. The summed E-state index contributed by atoms with van der Waals surface area (Å²) >= 11 is 3.35. The Morgan fingerprint density at radius 3 is 2.93 bits per heavy atom. The van der Waals surface area contributed by atoms with Gasteiger partial charge in [-0.2, -0.15) is 5.26 Å². The molecule has 3 nitrogen and oxygen atoms in total. The third-order valence-corrected chi connectivity index (χ3v) is 2.49. The molecule has 0 amide bonds. The number of pyridine rings is 1. The van der Waals surface area contributed by atoms with Crippen LogP contribution in [0.2, 0.25) is 0 Å². The molecule has 0 aliphatic heterocycles. The van der Waals surface area contributed by atoms with Crippen molar-refractivity contribution < 1.29 is 0 Å². The van der Waals surface area contributed by atoms with Crippen LogP contribution in [0.3, 0.4) is 0 Å². The first-order valence-corrected chi connectivity index (χ1v) is 4.75. The van der Waals surface area contributed by atoms with Crippen molar-refractivity contribution in [3.63, 3.8) is 0 Å². The lowest BCUT2D eigenvalue weighted by Crippen LogP contribution is -1.93. The van der Waals surface area contributed by atoms with Crippen LogP contribution in [-0.4, -0.2) is 4.98 Å². The minimum atomic E-state index is 0.413. The van der Waals surface area contributed by atoms with E-state index in [1.54, 1.807) is 0 Å². The van der Waals surface area contributed by atoms with Gasteiger partial charge in [0.15, 0.2) is 0 Å². The maximum absolute atomic E-state index is 8.77. The number of fused-ring (bicyclic) bond motifs is 1. The van der Waals surface area contributed by atoms with Gasteiger partial charge in [-0.05, 0) is 18.2 Å². The Kier molecular flexibility index (Phi) is 2.10. The fourth-order valence-corrected chi connectivity index (χ4v) is 1.64. The van der Waals surface area contributed by atoms with Gasteiger partial charge in [0.2, 0.25) is 0 Å². The lowest BCUT2D eigenvalue weighted by Gasteiger charge is -2.02. The average molecular weight is 248 g/mol. The van der Waals surface area contributed by atoms with Gasteiger partial charge >= 0.3 is 0 Å². The standard InChI is InChI=1S/C10H6BrN3/c11-7-1-2-9-8(3-7)10(13)6(4-12)5-14-9/h1-3,5H,(H2,13,14). The lowest BCUT2D eigenvalue weighted by atomic mass is 10.1. The molecule has 0 saturated carbocycles. The first kappa shape index (κ1) is 8.97. The zero-order valence-corrected chi connectivity index (χ0v) is 8.75. The monoisotopic (exact) mass is 247 g/mol. The molecule has 0 aliphatic carbocycles. The molecule has 0 unspecified atom stereocenters. The number of nitrogen functional groups attached to an aromatic ring is 1. The van der Waals surface area contributed by atoms with E-state index in [1.807, 2.05) is 24.3 Å². The normalized spacial score (nSPS) is 10.0. The summed E-state index contributed by atoms with van der Waals surface area (Å²) in [5.74, 6) is 0. The van der Waals surface area contributed by atoms with Crippen LogP contribution in [0.25, 0.3) is 10.9 Å². The van der Waals surface area contributed by atoms with Crippen molar-refractivity contribution >= 4 is 32.5 Å². The van der Waals surface area contributed by atoms with Crippen LogP contribution in [0.4, 0.5) is 5.69 Å². The molecule has 2 rings (SSSR count). The van der Waals surface area contributed by atoms with E-state index < -0.39 is 0 Å². The highest BCUT2D eigenvalue weighted by molar-refractivity contribution is 9.10. The molecule has 0 fully saturated rings. The van der Waals surface area contributed by atoms with Gasteiger partial charge in [0.1, 0.15) is 6.07 Å². The Labute approximate surface area is 89.3 Å². The summed E-state index contributed by atoms with van der Waals surface area (Å²) in [6.07, 6.45) is 1.49. The molecule has 2 N–H and O–H groups in total. The molecular weight excluding hydrogens is 242 g/mol. The number of nitrogens with two attached hydrogens (primary N) is 1. The molecule has 0 spiro atoms. The topological polar surface area (TPSA) is 62.7 Å². The van der Waals surface area contributed by atoms with Gasteiger partial charge in [-0.3, -0.25) is 4.98 Å². The van der Waals surface area contributed by atoms with Crippen molar-refractivity contribution in [2.75, 3.05) is 5.73 Å². The lowest BCUT2D eigenvalue weighted by molar-refractivity contribution is 1.37. The van der Waals surface area contributed by atoms with Gasteiger partial charge in [0.05, 0.1) is 16.8 Å². The van der Waals surface area contributed by atoms with Crippen molar-refractivity contribution in [3.8, 4) is 6.07 Å². The fourth-order valence-electron chi connectivity index (χ4n) is 1.27. The van der Waals surface area contributed by atoms with E-state index in [2.05, 4.69) is 20.9 Å². The van der Waals surface area contributed by atoms with Crippen LogP contribution in [0.15, 0.2) is 28.9 Å². The number of rotatable bonds is 0. The zero-order chi connectivity index (χ0) is 10.1. The molecule has 68 valence electrons. The van der Waals surface area contributed by atoms with Crippen molar-refractivity contribution in [2.24, 2.45) is 0 Å². The number of halogens is 1. The summed E-state index contributed by atoms with van der Waals surface area (Å²) in [5, 5.41) is 9.57. The van der Waals surface area contributed by atoms with Crippen LogP contribution in [-0.2, 0) is 0 Å². The van der Waals surface area contributed by atoms with E-state index in [9.17, 15) is 0 Å². The van der Waals surface area contributed by atoms with E-state index >= 15 is 0 Å². The number of anilines is 1. The predicted octanol–water partition coefficient (Wildman–Crippen LogP) is 2.45. The molecule has 0 bridgehead atoms. The highest BCUT2D eigenvalue weighted by Crippen LogP contribution is 2.25. The van der Waals surface area contributed by atoms with E-state index in [-0.39, 0.29) is 0 Å². The molecule has 1 aromatic heterocycles. The summed E-state index contributed by atoms with van der Waals surface area (Å²) in [7, 11) is 0. The molecule has 0 saturated heterocycles. The summed E-state index contributed by atoms with van der Waals surface area (Å²) in [5.41, 5.74) is 7.51. The highest BCUT2D eigenvalue weighted by atomic mass is 79.9. The number of benzene rings is 1. The number of hydrogen-bond acceptors (Lipinski definition) is 3. The third-order valence-electron chi connectivity index (χ3n) is 1.99. The molecular formula is C10H6BrN3. The van der Waals surface area contributed by atoms with Crippen LogP contribution >= 0.6 is 15.9 Å². The average Bonchev–Trinajstić information content (AvgIpc) is 2.20. The van der Waals surface area contributed by atoms with E-state index in [1.165, 1.54) is 6.20 Å². The second-order valence-corrected chi connectivity index (χ2v) is 3.77. The Hall–Kier alpha value is -1.60. The molecule has 2 aromatic rings. The first-order valence-electron chi connectivity index (χ1n) is 3.96. The van der Waals surface area contributed by atoms with Gasteiger partial charge in [-0.1, -0.05) is 15.9 Å². The van der Waals surface area contributed by atoms with E-state index in [4.69, 9.17) is 11.0 Å². The Balaban J connectivity index is 2.88. The second-order valence-electron chi connectivity index (χ2n) is 2.86. The van der Waals surface area contributed by atoms with Gasteiger partial charge in [0.25, 0.3) is 0 Å². The van der Waals surface area contributed by atoms with Crippen LogP contribution in [0.1, 0.15) is 5.56 Å². The first-order chi connectivity index (χ1) is 6.72. The number of aromatic nitrogens is 1. The van der Waals surface area contributed by atoms with Crippen molar-refractivity contribution in [1.82, 2.24) is 4.98 Å². The zero-order valence-electron chi connectivity index (χ0n) is 7.16. The predicted molar refractivity (Wildman–Crippen MR) is 58.6 cm³/mol. The van der Waals surface area contributed by atoms with Crippen molar-refractivity contribution in [2.45, 2.75) is 0 Å². The van der Waals surface area contributed by atoms with Crippen molar-refractivity contribution in [1.29, 1.82) is 5.26 Å². The van der Waals surface area contributed by atoms with Gasteiger partial charge in [-0.15, -0.1) is 0 Å². The SMILES string of the molecule is N#Cc1cnc2ccc(Br)cc2c1N. The smallest absolute Gasteiger partial charge is 0.103 e. The minimum absolute atomic E-state index is 0.413.